The second-order valence-corrected chi connectivity index (χ2v) is 6.19. The van der Waals surface area contributed by atoms with E-state index in [2.05, 4.69) is 10.3 Å². The third-order valence-corrected chi connectivity index (χ3v) is 4.25. The molecule has 6 heteroatoms. The van der Waals surface area contributed by atoms with Crippen LogP contribution in [0.1, 0.15) is 31.6 Å². The van der Waals surface area contributed by atoms with Crippen molar-refractivity contribution < 1.29 is 4.79 Å². The molecular formula is C15H17Cl2N3O. The summed E-state index contributed by atoms with van der Waals surface area (Å²) in [6, 6.07) is 5.63. The Kier molecular flexibility index (Phi) is 4.09. The zero-order chi connectivity index (χ0) is 15.0. The molecule has 1 N–H and O–H groups in total. The molecule has 4 nitrogen and oxygen atoms in total. The fraction of sp³-hybridized carbons (Fsp3) is 0.467. The van der Waals surface area contributed by atoms with Crippen molar-refractivity contribution in [2.75, 3.05) is 5.88 Å². The number of rotatable bonds is 5. The monoisotopic (exact) mass is 325 g/mol. The van der Waals surface area contributed by atoms with Gasteiger partial charge in [0.2, 0.25) is 5.91 Å². The highest BCUT2D eigenvalue weighted by Gasteiger charge is 2.28. The van der Waals surface area contributed by atoms with Crippen LogP contribution in [0.2, 0.25) is 5.02 Å². The highest BCUT2D eigenvalue weighted by molar-refractivity contribution is 6.34. The summed E-state index contributed by atoms with van der Waals surface area (Å²) in [5, 5.41) is 3.63. The highest BCUT2D eigenvalue weighted by atomic mass is 35.5. The Labute approximate surface area is 133 Å². The lowest BCUT2D eigenvalue weighted by molar-refractivity contribution is -0.124. The van der Waals surface area contributed by atoms with Crippen molar-refractivity contribution in [2.45, 2.75) is 38.3 Å². The number of para-hydroxylation sites is 1. The van der Waals surface area contributed by atoms with Gasteiger partial charge in [-0.2, -0.15) is 0 Å². The van der Waals surface area contributed by atoms with Crippen molar-refractivity contribution >= 4 is 40.1 Å². The average Bonchev–Trinajstić information content (AvgIpc) is 3.18. The van der Waals surface area contributed by atoms with Gasteiger partial charge in [-0.25, -0.2) is 4.98 Å². The number of nitrogens with one attached hydrogen (secondary N) is 1. The Morgan fingerprint density at radius 1 is 1.52 bits per heavy atom. The minimum atomic E-state index is -0.327. The molecule has 1 aromatic carbocycles. The zero-order valence-corrected chi connectivity index (χ0v) is 13.3. The Morgan fingerprint density at radius 3 is 2.95 bits per heavy atom. The van der Waals surface area contributed by atoms with E-state index in [9.17, 15) is 4.79 Å². The summed E-state index contributed by atoms with van der Waals surface area (Å²) in [6.45, 7) is 1.89. The molecule has 1 aliphatic carbocycles. The summed E-state index contributed by atoms with van der Waals surface area (Å²) < 4.78 is 1.95. The summed E-state index contributed by atoms with van der Waals surface area (Å²) >= 11 is 12.1. The molecule has 1 fully saturated rings. The number of carbonyl (C=O) groups is 1. The molecule has 1 aromatic heterocycles. The maximum absolute atomic E-state index is 12.4. The van der Waals surface area contributed by atoms with Crippen LogP contribution in [0, 0.1) is 0 Å². The van der Waals surface area contributed by atoms with Gasteiger partial charge in [0.1, 0.15) is 17.4 Å². The van der Waals surface area contributed by atoms with Crippen molar-refractivity contribution in [1.29, 1.82) is 0 Å². The maximum atomic E-state index is 12.4. The standard InChI is InChI=1S/C15H17Cl2N3O/c1-9(15(21)18-10-5-6-10)20-12-4-2-3-11(17)14(12)19-13(20)7-8-16/h2-4,9-10H,5-8H2,1H3,(H,18,21). The molecule has 1 aliphatic rings. The predicted molar refractivity (Wildman–Crippen MR) is 85.0 cm³/mol. The normalized spacial score (nSPS) is 16.1. The smallest absolute Gasteiger partial charge is 0.243 e. The second kappa shape index (κ2) is 5.85. The summed E-state index contributed by atoms with van der Waals surface area (Å²) in [7, 11) is 0. The number of hydrogen-bond donors (Lipinski definition) is 1. The largest absolute Gasteiger partial charge is 0.352 e. The number of nitrogens with zero attached hydrogens (tertiary/aromatic N) is 2. The van der Waals surface area contributed by atoms with Crippen molar-refractivity contribution in [1.82, 2.24) is 14.9 Å². The number of imidazole rings is 1. The fourth-order valence-electron chi connectivity index (χ4n) is 2.49. The lowest BCUT2D eigenvalue weighted by Crippen LogP contribution is -2.33. The highest BCUT2D eigenvalue weighted by Crippen LogP contribution is 2.28. The lowest BCUT2D eigenvalue weighted by Gasteiger charge is -2.17. The Bertz CT molecular complexity index is 679. The summed E-state index contributed by atoms with van der Waals surface area (Å²) in [5.74, 6) is 1.27. The molecule has 1 unspecified atom stereocenters. The number of halogens is 2. The fourth-order valence-corrected chi connectivity index (χ4v) is 2.87. The minimum absolute atomic E-state index is 0.0209. The molecule has 1 atom stereocenters. The van der Waals surface area contributed by atoms with E-state index in [4.69, 9.17) is 23.2 Å². The van der Waals surface area contributed by atoms with Crippen molar-refractivity contribution in [3.63, 3.8) is 0 Å². The van der Waals surface area contributed by atoms with Crippen LogP contribution in [0.25, 0.3) is 11.0 Å². The molecule has 0 saturated heterocycles. The number of fused-ring (bicyclic) bond motifs is 1. The van der Waals surface area contributed by atoms with Gasteiger partial charge in [0.25, 0.3) is 0 Å². The summed E-state index contributed by atoms with van der Waals surface area (Å²) in [4.78, 5) is 16.9. The quantitative estimate of drug-likeness (QED) is 0.857. The molecule has 112 valence electrons. The Morgan fingerprint density at radius 2 is 2.29 bits per heavy atom. The lowest BCUT2D eigenvalue weighted by atomic mass is 10.2. The number of aromatic nitrogens is 2. The molecular weight excluding hydrogens is 309 g/mol. The first-order chi connectivity index (χ1) is 10.1. The van der Waals surface area contributed by atoms with E-state index in [1.54, 1.807) is 6.07 Å². The minimum Gasteiger partial charge on any atom is -0.352 e. The zero-order valence-electron chi connectivity index (χ0n) is 11.8. The first-order valence-electron chi connectivity index (χ1n) is 7.13. The average molecular weight is 326 g/mol. The van der Waals surface area contributed by atoms with Gasteiger partial charge in [-0.15, -0.1) is 11.6 Å². The Hall–Kier alpha value is -1.26. The van der Waals surface area contributed by atoms with E-state index in [0.29, 0.717) is 23.4 Å². The van der Waals surface area contributed by atoms with E-state index in [0.717, 1.165) is 29.7 Å². The van der Waals surface area contributed by atoms with E-state index in [-0.39, 0.29) is 11.9 Å². The van der Waals surface area contributed by atoms with Crippen molar-refractivity contribution in [3.05, 3.63) is 29.0 Å². The van der Waals surface area contributed by atoms with Gasteiger partial charge in [0.15, 0.2) is 0 Å². The van der Waals surface area contributed by atoms with Crippen LogP contribution < -0.4 is 5.32 Å². The maximum Gasteiger partial charge on any atom is 0.243 e. The first kappa shape index (κ1) is 14.7. The Balaban J connectivity index is 2.03. The van der Waals surface area contributed by atoms with Crippen LogP contribution in [0.15, 0.2) is 18.2 Å². The molecule has 0 bridgehead atoms. The van der Waals surface area contributed by atoms with Crippen LogP contribution in [-0.2, 0) is 11.2 Å². The van der Waals surface area contributed by atoms with Crippen molar-refractivity contribution in [2.24, 2.45) is 0 Å². The summed E-state index contributed by atoms with van der Waals surface area (Å²) in [5.41, 5.74) is 1.60. The molecule has 2 aromatic rings. The molecule has 1 saturated carbocycles. The molecule has 0 aliphatic heterocycles. The molecule has 0 radical (unpaired) electrons. The molecule has 3 rings (SSSR count). The molecule has 1 heterocycles. The number of benzene rings is 1. The third-order valence-electron chi connectivity index (χ3n) is 3.75. The van der Waals surface area contributed by atoms with Gasteiger partial charge < -0.3 is 9.88 Å². The number of aryl methyl sites for hydroxylation is 1. The van der Waals surface area contributed by atoms with Crippen LogP contribution in [0.5, 0.6) is 0 Å². The van der Waals surface area contributed by atoms with E-state index in [1.165, 1.54) is 0 Å². The van der Waals surface area contributed by atoms with E-state index < -0.39 is 0 Å². The first-order valence-corrected chi connectivity index (χ1v) is 8.04. The van der Waals surface area contributed by atoms with Gasteiger partial charge in [-0.05, 0) is 31.9 Å². The number of carbonyl (C=O) groups excluding carboxylic acids is 1. The van der Waals surface area contributed by atoms with Gasteiger partial charge in [-0.1, -0.05) is 17.7 Å². The number of amides is 1. The van der Waals surface area contributed by atoms with Crippen LogP contribution in [0.4, 0.5) is 0 Å². The van der Waals surface area contributed by atoms with Gasteiger partial charge in [0, 0.05) is 18.3 Å². The molecule has 1 amide bonds. The molecule has 21 heavy (non-hydrogen) atoms. The van der Waals surface area contributed by atoms with Gasteiger partial charge in [0.05, 0.1) is 10.5 Å². The van der Waals surface area contributed by atoms with Gasteiger partial charge in [-0.3, -0.25) is 4.79 Å². The second-order valence-electron chi connectivity index (χ2n) is 5.40. The SMILES string of the molecule is CC(C(=O)NC1CC1)n1c(CCCl)nc2c(Cl)cccc21. The van der Waals surface area contributed by atoms with Crippen LogP contribution >= 0.6 is 23.2 Å². The molecule has 0 spiro atoms. The van der Waals surface area contributed by atoms with Gasteiger partial charge >= 0.3 is 0 Å². The van der Waals surface area contributed by atoms with E-state index in [1.807, 2.05) is 23.6 Å². The number of hydrogen-bond acceptors (Lipinski definition) is 2. The number of alkyl halides is 1. The van der Waals surface area contributed by atoms with Crippen LogP contribution in [-0.4, -0.2) is 27.4 Å². The van der Waals surface area contributed by atoms with Crippen LogP contribution in [0.3, 0.4) is 0 Å². The topological polar surface area (TPSA) is 46.9 Å². The van der Waals surface area contributed by atoms with Crippen molar-refractivity contribution in [3.8, 4) is 0 Å². The third kappa shape index (κ3) is 2.87. The van der Waals surface area contributed by atoms with E-state index >= 15 is 0 Å². The summed E-state index contributed by atoms with van der Waals surface area (Å²) in [6.07, 6.45) is 2.75. The predicted octanol–water partition coefficient (Wildman–Crippen LogP) is 3.31.